The van der Waals surface area contributed by atoms with Crippen LogP contribution in [0.15, 0.2) is 36.4 Å². The second-order valence-electron chi connectivity index (χ2n) is 8.31. The highest BCUT2D eigenvalue weighted by atomic mass is 35.5. The standard InChI is InChI=1S/C23H28Cl3N3O4S/c1-14(2)27-23(31)16(4)28(12-17-7-9-19(24)21(26)10-17)22(30)13-29(34(5,32)33)18-8-6-15(3)20(25)11-18/h6-11,14,16H,12-13H2,1-5H3,(H,27,31)/t16-/m0/s1. The normalized spacial score (nSPS) is 12.4. The summed E-state index contributed by atoms with van der Waals surface area (Å²) in [6.07, 6.45) is 1.01. The van der Waals surface area contributed by atoms with Crippen LogP contribution in [0.4, 0.5) is 5.69 Å². The van der Waals surface area contributed by atoms with Crippen molar-refractivity contribution in [1.29, 1.82) is 0 Å². The first-order valence-electron chi connectivity index (χ1n) is 10.5. The number of hydrogen-bond donors (Lipinski definition) is 1. The topological polar surface area (TPSA) is 86.8 Å². The lowest BCUT2D eigenvalue weighted by Crippen LogP contribution is -2.52. The predicted octanol–water partition coefficient (Wildman–Crippen LogP) is 4.66. The molecule has 0 aromatic heterocycles. The number of halogens is 3. The molecule has 34 heavy (non-hydrogen) atoms. The second kappa shape index (κ2) is 11.6. The summed E-state index contributed by atoms with van der Waals surface area (Å²) in [5.41, 5.74) is 1.65. The molecule has 186 valence electrons. The van der Waals surface area contributed by atoms with E-state index >= 15 is 0 Å². The highest BCUT2D eigenvalue weighted by molar-refractivity contribution is 7.92. The molecule has 0 bridgehead atoms. The molecule has 2 amide bonds. The summed E-state index contributed by atoms with van der Waals surface area (Å²) in [6.45, 7) is 6.49. The van der Waals surface area contributed by atoms with E-state index in [1.807, 2.05) is 13.8 Å². The van der Waals surface area contributed by atoms with E-state index in [1.165, 1.54) is 11.0 Å². The Bertz CT molecular complexity index is 1170. The Labute approximate surface area is 216 Å². The summed E-state index contributed by atoms with van der Waals surface area (Å²) in [4.78, 5) is 27.5. The largest absolute Gasteiger partial charge is 0.352 e. The minimum atomic E-state index is -3.84. The lowest BCUT2D eigenvalue weighted by atomic mass is 10.1. The van der Waals surface area contributed by atoms with E-state index in [0.29, 0.717) is 20.6 Å². The number of benzene rings is 2. The zero-order valence-electron chi connectivity index (χ0n) is 19.6. The van der Waals surface area contributed by atoms with Crippen LogP contribution in [0.1, 0.15) is 31.9 Å². The molecule has 1 atom stereocenters. The van der Waals surface area contributed by atoms with Crippen molar-refractivity contribution in [3.05, 3.63) is 62.6 Å². The number of carbonyl (C=O) groups is 2. The van der Waals surface area contributed by atoms with E-state index in [4.69, 9.17) is 34.8 Å². The number of sulfonamides is 1. The van der Waals surface area contributed by atoms with Gasteiger partial charge in [-0.3, -0.25) is 13.9 Å². The predicted molar refractivity (Wildman–Crippen MR) is 138 cm³/mol. The van der Waals surface area contributed by atoms with Gasteiger partial charge in [-0.2, -0.15) is 0 Å². The summed E-state index contributed by atoms with van der Waals surface area (Å²) in [6, 6.07) is 8.61. The molecule has 0 radical (unpaired) electrons. The number of hydrogen-bond acceptors (Lipinski definition) is 4. The summed E-state index contributed by atoms with van der Waals surface area (Å²) in [5.74, 6) is -0.938. The van der Waals surface area contributed by atoms with Gasteiger partial charge < -0.3 is 10.2 Å². The Morgan fingerprint density at radius 3 is 2.15 bits per heavy atom. The molecular weight excluding hydrogens is 521 g/mol. The van der Waals surface area contributed by atoms with Crippen LogP contribution in [-0.2, 0) is 26.2 Å². The van der Waals surface area contributed by atoms with Crippen molar-refractivity contribution in [3.63, 3.8) is 0 Å². The Kier molecular flexibility index (Phi) is 9.65. The zero-order chi connectivity index (χ0) is 25.8. The highest BCUT2D eigenvalue weighted by Crippen LogP contribution is 2.26. The van der Waals surface area contributed by atoms with Crippen molar-refractivity contribution in [2.45, 2.75) is 46.3 Å². The van der Waals surface area contributed by atoms with Crippen LogP contribution in [0, 0.1) is 6.92 Å². The lowest BCUT2D eigenvalue weighted by Gasteiger charge is -2.32. The third-order valence-electron chi connectivity index (χ3n) is 5.06. The monoisotopic (exact) mass is 547 g/mol. The quantitative estimate of drug-likeness (QED) is 0.494. The number of amides is 2. The zero-order valence-corrected chi connectivity index (χ0v) is 22.7. The number of nitrogens with zero attached hydrogens (tertiary/aromatic N) is 2. The van der Waals surface area contributed by atoms with Crippen LogP contribution >= 0.6 is 34.8 Å². The Balaban J connectivity index is 2.43. The summed E-state index contributed by atoms with van der Waals surface area (Å²) in [7, 11) is -3.84. The SMILES string of the molecule is Cc1ccc(N(CC(=O)N(Cc2ccc(Cl)c(Cl)c2)[C@@H](C)C(=O)NC(C)C)S(C)(=O)=O)cc1Cl. The molecule has 0 aliphatic heterocycles. The van der Waals surface area contributed by atoms with Crippen molar-refractivity contribution in [2.24, 2.45) is 0 Å². The fraction of sp³-hybridized carbons (Fsp3) is 0.391. The highest BCUT2D eigenvalue weighted by Gasteiger charge is 2.30. The first-order chi connectivity index (χ1) is 15.7. The van der Waals surface area contributed by atoms with E-state index in [1.54, 1.807) is 44.2 Å². The van der Waals surface area contributed by atoms with Gasteiger partial charge in [-0.15, -0.1) is 0 Å². The van der Waals surface area contributed by atoms with Gasteiger partial charge in [0, 0.05) is 17.6 Å². The first kappa shape index (κ1) is 28.2. The molecule has 1 N–H and O–H groups in total. The van der Waals surface area contributed by atoms with Crippen molar-refractivity contribution >= 4 is 62.3 Å². The molecule has 11 heteroatoms. The van der Waals surface area contributed by atoms with E-state index in [9.17, 15) is 18.0 Å². The van der Waals surface area contributed by atoms with Crippen LogP contribution in [0.2, 0.25) is 15.1 Å². The number of aryl methyl sites for hydroxylation is 1. The minimum absolute atomic E-state index is 0.0225. The molecule has 0 aliphatic rings. The smallest absolute Gasteiger partial charge is 0.244 e. The van der Waals surface area contributed by atoms with Crippen molar-refractivity contribution < 1.29 is 18.0 Å². The summed E-state index contributed by atoms with van der Waals surface area (Å²) >= 11 is 18.3. The van der Waals surface area contributed by atoms with Gasteiger partial charge in [0.2, 0.25) is 21.8 Å². The number of anilines is 1. The Hall–Kier alpha value is -2.00. The molecule has 0 aliphatic carbocycles. The third kappa shape index (κ3) is 7.50. The third-order valence-corrected chi connectivity index (χ3v) is 7.34. The molecule has 7 nitrogen and oxygen atoms in total. The summed E-state index contributed by atoms with van der Waals surface area (Å²) < 4.78 is 26.1. The molecule has 0 spiro atoms. The molecule has 0 unspecified atom stereocenters. The van der Waals surface area contributed by atoms with Crippen LogP contribution in [0.5, 0.6) is 0 Å². The van der Waals surface area contributed by atoms with Crippen LogP contribution in [0.3, 0.4) is 0 Å². The van der Waals surface area contributed by atoms with E-state index in [0.717, 1.165) is 16.1 Å². The van der Waals surface area contributed by atoms with Gasteiger partial charge in [-0.25, -0.2) is 8.42 Å². The molecular formula is C23H28Cl3N3O4S. The average molecular weight is 549 g/mol. The van der Waals surface area contributed by atoms with Gasteiger partial charge >= 0.3 is 0 Å². The Morgan fingerprint density at radius 2 is 1.62 bits per heavy atom. The van der Waals surface area contributed by atoms with Crippen LogP contribution in [-0.4, -0.2) is 50.0 Å². The van der Waals surface area contributed by atoms with Crippen molar-refractivity contribution in [2.75, 3.05) is 17.1 Å². The minimum Gasteiger partial charge on any atom is -0.352 e. The average Bonchev–Trinajstić information content (AvgIpc) is 2.72. The van der Waals surface area contributed by atoms with Gasteiger partial charge in [0.1, 0.15) is 12.6 Å². The molecule has 2 rings (SSSR count). The first-order valence-corrected chi connectivity index (χ1v) is 13.5. The van der Waals surface area contributed by atoms with Gasteiger partial charge in [-0.05, 0) is 63.1 Å². The van der Waals surface area contributed by atoms with Gasteiger partial charge in [-0.1, -0.05) is 46.9 Å². The van der Waals surface area contributed by atoms with E-state index < -0.39 is 28.5 Å². The fourth-order valence-electron chi connectivity index (χ4n) is 3.17. The fourth-order valence-corrected chi connectivity index (χ4v) is 4.51. The maximum Gasteiger partial charge on any atom is 0.244 e. The molecule has 0 heterocycles. The molecule has 0 saturated heterocycles. The van der Waals surface area contributed by atoms with Crippen LogP contribution in [0.25, 0.3) is 0 Å². The van der Waals surface area contributed by atoms with Gasteiger partial charge in [0.15, 0.2) is 0 Å². The molecule has 2 aromatic carbocycles. The molecule has 0 fully saturated rings. The van der Waals surface area contributed by atoms with Gasteiger partial charge in [0.25, 0.3) is 0 Å². The molecule has 2 aromatic rings. The van der Waals surface area contributed by atoms with E-state index in [-0.39, 0.29) is 24.2 Å². The number of nitrogens with one attached hydrogen (secondary N) is 1. The lowest BCUT2D eigenvalue weighted by molar-refractivity contribution is -0.139. The van der Waals surface area contributed by atoms with E-state index in [2.05, 4.69) is 5.32 Å². The number of carbonyl (C=O) groups excluding carboxylic acids is 2. The van der Waals surface area contributed by atoms with Crippen molar-refractivity contribution in [1.82, 2.24) is 10.2 Å². The Morgan fingerprint density at radius 1 is 0.971 bits per heavy atom. The van der Waals surface area contributed by atoms with Crippen molar-refractivity contribution in [3.8, 4) is 0 Å². The van der Waals surface area contributed by atoms with Crippen LogP contribution < -0.4 is 9.62 Å². The summed E-state index contributed by atoms with van der Waals surface area (Å²) in [5, 5.41) is 3.81. The molecule has 0 saturated carbocycles. The maximum absolute atomic E-state index is 13.5. The second-order valence-corrected chi connectivity index (χ2v) is 11.4. The number of rotatable bonds is 9. The maximum atomic E-state index is 13.5. The van der Waals surface area contributed by atoms with Gasteiger partial charge in [0.05, 0.1) is 22.0 Å².